The summed E-state index contributed by atoms with van der Waals surface area (Å²) in [4.78, 5) is 16.6. The molecular weight excluding hydrogens is 522 g/mol. The third kappa shape index (κ3) is 3.95. The molecule has 4 aromatic rings. The normalized spacial score (nSPS) is 33.5. The smallest absolute Gasteiger partial charge is 0.163 e. The molecule has 4 fully saturated rings. The van der Waals surface area contributed by atoms with E-state index in [1.807, 2.05) is 0 Å². The highest BCUT2D eigenvalue weighted by atomic mass is 15.1. The average Bonchev–Trinajstić information content (AvgIpc) is 3.61. The Morgan fingerprint density at radius 3 is 1.63 bits per heavy atom. The summed E-state index contributed by atoms with van der Waals surface area (Å²) in [7, 11) is 0. The average molecular weight is 568 g/mol. The van der Waals surface area contributed by atoms with Crippen LogP contribution in [-0.2, 0) is 16.2 Å². The minimum atomic E-state index is -0.139. The van der Waals surface area contributed by atoms with Crippen LogP contribution in [-0.4, -0.2) is 15.0 Å². The van der Waals surface area contributed by atoms with Gasteiger partial charge in [-0.15, -0.1) is 0 Å². The molecule has 4 bridgehead atoms. The maximum Gasteiger partial charge on any atom is 0.163 e. The second kappa shape index (κ2) is 8.99. The van der Waals surface area contributed by atoms with E-state index >= 15 is 0 Å². The number of nitrogens with zero attached hydrogens (tertiary/aromatic N) is 3. The zero-order valence-electron chi connectivity index (χ0n) is 26.4. The van der Waals surface area contributed by atoms with Gasteiger partial charge in [0.1, 0.15) is 11.6 Å². The third-order valence-electron chi connectivity index (χ3n) is 12.8. The van der Waals surface area contributed by atoms with Crippen molar-refractivity contribution in [2.75, 3.05) is 0 Å². The maximum absolute atomic E-state index is 5.53. The number of fused-ring (bicyclic) bond motifs is 8. The lowest BCUT2D eigenvalue weighted by molar-refractivity contribution is 0.207. The summed E-state index contributed by atoms with van der Waals surface area (Å²) in [5, 5.41) is 2.62. The summed E-state index contributed by atoms with van der Waals surface area (Å²) in [5.41, 5.74) is 6.64. The van der Waals surface area contributed by atoms with Gasteiger partial charge < -0.3 is 0 Å². The number of rotatable bonds is 3. The molecule has 43 heavy (non-hydrogen) atoms. The molecule has 1 heterocycles. The molecule has 3 aromatic carbocycles. The number of hydrogen-bond acceptors (Lipinski definition) is 3. The number of benzene rings is 3. The number of hydrogen-bond donors (Lipinski definition) is 0. The highest BCUT2D eigenvalue weighted by Crippen LogP contribution is 2.55. The van der Waals surface area contributed by atoms with Crippen LogP contribution in [0.25, 0.3) is 33.3 Å². The topological polar surface area (TPSA) is 38.7 Å². The van der Waals surface area contributed by atoms with Gasteiger partial charge in [0.25, 0.3) is 0 Å². The highest BCUT2D eigenvalue weighted by Gasteiger charge is 2.47. The van der Waals surface area contributed by atoms with Crippen LogP contribution in [0.3, 0.4) is 0 Å². The van der Waals surface area contributed by atoms with E-state index in [2.05, 4.69) is 82.3 Å². The summed E-state index contributed by atoms with van der Waals surface area (Å²) in [6, 6.07) is 20.5. The molecule has 0 N–H and O–H groups in total. The maximum atomic E-state index is 5.53. The highest BCUT2D eigenvalue weighted by molar-refractivity contribution is 5.95. The Labute approximate surface area is 257 Å². The SMILES string of the molecule is CC1(c2nc(-c3cccc4c3C(C)(C)c3cc5ccccc5cc3-4)nc(C3(C)CC4CC[C@@H](C4)C3)n2)CC2CC[C@@H](C2)C1. The fourth-order valence-corrected chi connectivity index (χ4v) is 11.0. The molecule has 6 atom stereocenters. The molecule has 3 nitrogen and oxygen atoms in total. The van der Waals surface area contributed by atoms with Crippen LogP contribution in [0.5, 0.6) is 0 Å². The lowest BCUT2D eigenvalue weighted by Gasteiger charge is -2.39. The van der Waals surface area contributed by atoms with Gasteiger partial charge in [0.05, 0.1) is 0 Å². The number of aromatic nitrogens is 3. The van der Waals surface area contributed by atoms with Gasteiger partial charge in [-0.2, -0.15) is 0 Å². The van der Waals surface area contributed by atoms with Crippen LogP contribution >= 0.6 is 0 Å². The Morgan fingerprint density at radius 1 is 0.558 bits per heavy atom. The first kappa shape index (κ1) is 26.3. The van der Waals surface area contributed by atoms with Crippen LogP contribution in [0.2, 0.25) is 0 Å². The van der Waals surface area contributed by atoms with E-state index in [9.17, 15) is 0 Å². The quantitative estimate of drug-likeness (QED) is 0.247. The van der Waals surface area contributed by atoms with Crippen molar-refractivity contribution in [1.82, 2.24) is 15.0 Å². The van der Waals surface area contributed by atoms with Crippen LogP contribution in [0, 0.1) is 23.7 Å². The van der Waals surface area contributed by atoms with E-state index in [-0.39, 0.29) is 16.2 Å². The van der Waals surface area contributed by atoms with Crippen molar-refractivity contribution in [3.63, 3.8) is 0 Å². The van der Waals surface area contributed by atoms with Gasteiger partial charge in [-0.1, -0.05) is 95.8 Å². The van der Waals surface area contributed by atoms with E-state index < -0.39 is 0 Å². The molecule has 0 amide bonds. The molecule has 3 heteroatoms. The molecule has 9 rings (SSSR count). The van der Waals surface area contributed by atoms with Crippen molar-refractivity contribution < 1.29 is 0 Å². The molecule has 0 radical (unpaired) electrons. The molecule has 4 saturated carbocycles. The fraction of sp³-hybridized carbons (Fsp3) is 0.525. The van der Waals surface area contributed by atoms with E-state index in [0.29, 0.717) is 0 Å². The van der Waals surface area contributed by atoms with Gasteiger partial charge in [-0.25, -0.2) is 15.0 Å². The van der Waals surface area contributed by atoms with Crippen LogP contribution in [0.4, 0.5) is 0 Å². The minimum absolute atomic E-state index is 0.0364. The molecule has 5 aliphatic rings. The Bertz CT molecular complexity index is 1700. The zero-order chi connectivity index (χ0) is 29.1. The summed E-state index contributed by atoms with van der Waals surface area (Å²) < 4.78 is 0. The van der Waals surface area contributed by atoms with E-state index in [0.717, 1.165) is 41.1 Å². The van der Waals surface area contributed by atoms with Crippen LogP contribution in [0.1, 0.15) is 115 Å². The fourth-order valence-electron chi connectivity index (χ4n) is 11.0. The monoisotopic (exact) mass is 567 g/mol. The van der Waals surface area contributed by atoms with Gasteiger partial charge in [0, 0.05) is 21.8 Å². The largest absolute Gasteiger partial charge is 0.217 e. The van der Waals surface area contributed by atoms with Crippen molar-refractivity contribution in [3.05, 3.63) is 77.4 Å². The Kier molecular flexibility index (Phi) is 5.51. The van der Waals surface area contributed by atoms with Gasteiger partial charge in [0.2, 0.25) is 0 Å². The summed E-state index contributed by atoms with van der Waals surface area (Å²) in [6.07, 6.45) is 13.3. The first-order chi connectivity index (χ1) is 20.7. The molecule has 0 saturated heterocycles. The molecule has 5 aliphatic carbocycles. The van der Waals surface area contributed by atoms with Gasteiger partial charge in [-0.3, -0.25) is 0 Å². The first-order valence-corrected chi connectivity index (χ1v) is 17.1. The summed E-state index contributed by atoms with van der Waals surface area (Å²) >= 11 is 0. The molecule has 0 aliphatic heterocycles. The van der Waals surface area contributed by atoms with Crippen LogP contribution in [0.15, 0.2) is 54.6 Å². The summed E-state index contributed by atoms with van der Waals surface area (Å²) in [5.74, 6) is 6.41. The third-order valence-corrected chi connectivity index (χ3v) is 12.8. The second-order valence-corrected chi connectivity index (χ2v) is 16.4. The van der Waals surface area contributed by atoms with Gasteiger partial charge in [-0.05, 0) is 107 Å². The Hall–Kier alpha value is -3.07. The lowest BCUT2D eigenvalue weighted by atomic mass is 9.68. The minimum Gasteiger partial charge on any atom is -0.217 e. The van der Waals surface area contributed by atoms with Crippen molar-refractivity contribution in [2.45, 2.75) is 108 Å². The predicted octanol–water partition coefficient (Wildman–Crippen LogP) is 9.93. The van der Waals surface area contributed by atoms with E-state index in [1.165, 1.54) is 103 Å². The standard InChI is InChI=1S/C40H45N3/c1-38(2)33-19-29-9-6-5-8-28(29)18-32(33)30-10-7-11-31(34(30)38)35-41-36(39(3)20-24-12-13-25(16-24)21-39)43-37(42-35)40(4)22-26-14-15-27(17-26)23-40/h5-11,18-19,24-27H,12-17,20-23H2,1-4H3/t24-,25?,26-,27?,39?,40?/m0/s1. The van der Waals surface area contributed by atoms with Crippen molar-refractivity contribution in [2.24, 2.45) is 23.7 Å². The predicted molar refractivity (Wildman–Crippen MR) is 175 cm³/mol. The molecule has 4 unspecified atom stereocenters. The molecule has 220 valence electrons. The molecular formula is C40H45N3. The van der Waals surface area contributed by atoms with Gasteiger partial charge in [0.15, 0.2) is 5.82 Å². The van der Waals surface area contributed by atoms with Crippen LogP contribution < -0.4 is 0 Å². The Balaban J connectivity index is 1.24. The zero-order valence-corrected chi connectivity index (χ0v) is 26.4. The van der Waals surface area contributed by atoms with Crippen molar-refractivity contribution in [1.29, 1.82) is 0 Å². The first-order valence-electron chi connectivity index (χ1n) is 17.1. The van der Waals surface area contributed by atoms with Crippen molar-refractivity contribution >= 4 is 10.8 Å². The van der Waals surface area contributed by atoms with Gasteiger partial charge >= 0.3 is 0 Å². The molecule has 1 aromatic heterocycles. The van der Waals surface area contributed by atoms with Crippen molar-refractivity contribution in [3.8, 4) is 22.5 Å². The summed E-state index contributed by atoms with van der Waals surface area (Å²) in [6.45, 7) is 9.76. The lowest BCUT2D eigenvalue weighted by Crippen LogP contribution is -2.37. The molecule has 0 spiro atoms. The second-order valence-electron chi connectivity index (χ2n) is 16.4. The van der Waals surface area contributed by atoms with E-state index in [1.54, 1.807) is 0 Å². The Morgan fingerprint density at radius 2 is 1.07 bits per heavy atom. The van der Waals surface area contributed by atoms with E-state index in [4.69, 9.17) is 15.0 Å².